The highest BCUT2D eigenvalue weighted by Gasteiger charge is 2.17. The molecular weight excluding hydrogens is 208 g/mol. The zero-order valence-corrected chi connectivity index (χ0v) is 9.32. The molecule has 0 saturated heterocycles. The van der Waals surface area contributed by atoms with Crippen LogP contribution in [-0.2, 0) is 6.42 Å². The average molecular weight is 222 g/mol. The summed E-state index contributed by atoms with van der Waals surface area (Å²) in [6.07, 6.45) is 2.15. The number of nitrogens with one attached hydrogen (secondary N) is 1. The van der Waals surface area contributed by atoms with Crippen LogP contribution in [0.2, 0.25) is 0 Å². The first-order chi connectivity index (χ1) is 7.63. The van der Waals surface area contributed by atoms with Gasteiger partial charge in [-0.05, 0) is 24.3 Å². The van der Waals surface area contributed by atoms with E-state index >= 15 is 0 Å². The minimum absolute atomic E-state index is 0.0195. The van der Waals surface area contributed by atoms with Crippen molar-refractivity contribution < 1.29 is 9.66 Å². The molecular formula is C11H14N2O3. The van der Waals surface area contributed by atoms with Crippen molar-refractivity contribution in [3.05, 3.63) is 40.6 Å². The van der Waals surface area contributed by atoms with E-state index in [1.807, 2.05) is 6.92 Å². The first-order valence-electron chi connectivity index (χ1n) is 4.86. The molecule has 0 amide bonds. The van der Waals surface area contributed by atoms with Crippen molar-refractivity contribution in [1.82, 2.24) is 0 Å². The summed E-state index contributed by atoms with van der Waals surface area (Å²) in [6.45, 7) is 5.45. The highest BCUT2D eigenvalue weighted by atomic mass is 16.6. The summed E-state index contributed by atoms with van der Waals surface area (Å²) in [5, 5.41) is 13.6. The lowest BCUT2D eigenvalue weighted by molar-refractivity contribution is -0.384. The molecule has 1 N–H and O–H groups in total. The number of anilines is 1. The number of aryl methyl sites for hydroxylation is 1. The van der Waals surface area contributed by atoms with Gasteiger partial charge in [0.2, 0.25) is 0 Å². The minimum Gasteiger partial charge on any atom is -0.496 e. The van der Waals surface area contributed by atoms with Gasteiger partial charge in [0, 0.05) is 0 Å². The molecule has 5 heteroatoms. The van der Waals surface area contributed by atoms with Crippen molar-refractivity contribution >= 4 is 11.4 Å². The van der Waals surface area contributed by atoms with Crippen LogP contribution in [-0.4, -0.2) is 12.0 Å². The van der Waals surface area contributed by atoms with Crippen LogP contribution < -0.4 is 10.1 Å². The summed E-state index contributed by atoms with van der Waals surface area (Å²) in [7, 11) is 1.50. The fourth-order valence-electron chi connectivity index (χ4n) is 1.46. The molecule has 86 valence electrons. The maximum Gasteiger partial charge on any atom is 0.296 e. The van der Waals surface area contributed by atoms with Gasteiger partial charge >= 0.3 is 0 Å². The predicted octanol–water partition coefficient (Wildman–Crippen LogP) is 2.72. The molecule has 1 aromatic rings. The van der Waals surface area contributed by atoms with E-state index in [1.54, 1.807) is 6.07 Å². The normalized spacial score (nSPS) is 9.62. The molecule has 0 atom stereocenters. The van der Waals surface area contributed by atoms with Gasteiger partial charge in [-0.3, -0.25) is 10.1 Å². The van der Waals surface area contributed by atoms with Crippen molar-refractivity contribution in [1.29, 1.82) is 0 Å². The minimum atomic E-state index is -0.451. The van der Waals surface area contributed by atoms with Crippen molar-refractivity contribution in [2.24, 2.45) is 0 Å². The Kier molecular flexibility index (Phi) is 3.88. The molecule has 0 aliphatic heterocycles. The van der Waals surface area contributed by atoms with Crippen LogP contribution in [0, 0.1) is 10.1 Å². The average Bonchev–Trinajstić information content (AvgIpc) is 2.28. The second-order valence-electron chi connectivity index (χ2n) is 3.14. The van der Waals surface area contributed by atoms with Gasteiger partial charge in [-0.1, -0.05) is 13.5 Å². The summed E-state index contributed by atoms with van der Waals surface area (Å²) in [5.41, 5.74) is 1.32. The lowest BCUT2D eigenvalue weighted by Gasteiger charge is -2.09. The molecule has 1 aromatic carbocycles. The molecule has 0 aliphatic rings. The topological polar surface area (TPSA) is 64.4 Å². The molecule has 0 spiro atoms. The van der Waals surface area contributed by atoms with Crippen molar-refractivity contribution in [2.75, 3.05) is 12.4 Å². The number of hydrogen-bond donors (Lipinski definition) is 1. The fraction of sp³-hybridized carbons (Fsp3) is 0.273. The third kappa shape index (κ3) is 2.31. The molecule has 0 radical (unpaired) electrons. The van der Waals surface area contributed by atoms with Gasteiger partial charge in [0.1, 0.15) is 11.4 Å². The number of nitro benzene ring substituents is 1. The van der Waals surface area contributed by atoms with E-state index in [4.69, 9.17) is 4.74 Å². The number of nitro groups is 1. The Bertz CT molecular complexity index is 416. The molecule has 5 nitrogen and oxygen atoms in total. The lowest BCUT2D eigenvalue weighted by Crippen LogP contribution is -1.99. The van der Waals surface area contributed by atoms with E-state index in [9.17, 15) is 10.1 Å². The van der Waals surface area contributed by atoms with Gasteiger partial charge in [-0.15, -0.1) is 0 Å². The highest BCUT2D eigenvalue weighted by molar-refractivity contribution is 5.67. The van der Waals surface area contributed by atoms with Gasteiger partial charge in [-0.2, -0.15) is 0 Å². The number of nitrogens with zero attached hydrogens (tertiary/aromatic N) is 1. The summed E-state index contributed by atoms with van der Waals surface area (Å²) in [6, 6.07) is 3.13. The van der Waals surface area contributed by atoms with Crippen molar-refractivity contribution in [3.63, 3.8) is 0 Å². The summed E-state index contributed by atoms with van der Waals surface area (Å²) in [4.78, 5) is 10.4. The Balaban J connectivity index is 3.34. The molecule has 0 aliphatic carbocycles. The molecule has 0 heterocycles. The van der Waals surface area contributed by atoms with E-state index in [0.29, 0.717) is 11.4 Å². The number of hydrogen-bond acceptors (Lipinski definition) is 4. The fourth-order valence-corrected chi connectivity index (χ4v) is 1.46. The highest BCUT2D eigenvalue weighted by Crippen LogP contribution is 2.32. The molecule has 0 saturated carbocycles. The molecule has 16 heavy (non-hydrogen) atoms. The second-order valence-corrected chi connectivity index (χ2v) is 3.14. The number of benzene rings is 1. The number of rotatable bonds is 5. The van der Waals surface area contributed by atoms with Crippen LogP contribution in [0.15, 0.2) is 24.9 Å². The molecule has 1 rings (SSSR count). The van der Waals surface area contributed by atoms with Gasteiger partial charge in [0.05, 0.1) is 18.1 Å². The molecule has 0 aromatic heterocycles. The van der Waals surface area contributed by atoms with Crippen molar-refractivity contribution in [3.8, 4) is 5.75 Å². The van der Waals surface area contributed by atoms with E-state index in [2.05, 4.69) is 11.9 Å². The van der Waals surface area contributed by atoms with Crippen LogP contribution in [0.3, 0.4) is 0 Å². The van der Waals surface area contributed by atoms with Crippen LogP contribution in [0.4, 0.5) is 11.4 Å². The lowest BCUT2D eigenvalue weighted by atomic mass is 10.1. The first kappa shape index (κ1) is 12.0. The number of methoxy groups -OCH3 is 1. The van der Waals surface area contributed by atoms with Crippen LogP contribution in [0.25, 0.3) is 0 Å². The Morgan fingerprint density at radius 1 is 1.62 bits per heavy atom. The molecule has 0 bridgehead atoms. The van der Waals surface area contributed by atoms with E-state index in [1.165, 1.54) is 19.4 Å². The quantitative estimate of drug-likeness (QED) is 0.614. The number of ether oxygens (including phenoxy) is 1. The Morgan fingerprint density at radius 2 is 2.31 bits per heavy atom. The van der Waals surface area contributed by atoms with Gasteiger partial charge in [-0.25, -0.2) is 0 Å². The third-order valence-electron chi connectivity index (χ3n) is 2.23. The zero-order valence-electron chi connectivity index (χ0n) is 9.32. The predicted molar refractivity (Wildman–Crippen MR) is 62.8 cm³/mol. The first-order valence-corrected chi connectivity index (χ1v) is 4.86. The smallest absolute Gasteiger partial charge is 0.296 e. The summed E-state index contributed by atoms with van der Waals surface area (Å²) >= 11 is 0. The monoisotopic (exact) mass is 222 g/mol. The van der Waals surface area contributed by atoms with Crippen LogP contribution >= 0.6 is 0 Å². The van der Waals surface area contributed by atoms with Crippen LogP contribution in [0.5, 0.6) is 5.75 Å². The standard InChI is InChI=1S/C11H14N2O3/c1-4-8-6-9(12-5-2)10(13(14)15)7-11(8)16-3/h5-7,12H,2,4H2,1,3H3. The van der Waals surface area contributed by atoms with E-state index < -0.39 is 4.92 Å². The SMILES string of the molecule is C=CNc1cc(CC)c(OC)cc1[N+](=O)[O-]. The van der Waals surface area contributed by atoms with Crippen molar-refractivity contribution in [2.45, 2.75) is 13.3 Å². The summed E-state index contributed by atoms with van der Waals surface area (Å²) in [5.74, 6) is 0.531. The van der Waals surface area contributed by atoms with E-state index in [0.717, 1.165) is 12.0 Å². The van der Waals surface area contributed by atoms with Gasteiger partial charge in [0.25, 0.3) is 5.69 Å². The van der Waals surface area contributed by atoms with Crippen LogP contribution in [0.1, 0.15) is 12.5 Å². The van der Waals surface area contributed by atoms with E-state index in [-0.39, 0.29) is 5.69 Å². The second kappa shape index (κ2) is 5.16. The third-order valence-corrected chi connectivity index (χ3v) is 2.23. The zero-order chi connectivity index (χ0) is 12.1. The van der Waals surface area contributed by atoms with Gasteiger partial charge < -0.3 is 10.1 Å². The maximum absolute atomic E-state index is 10.8. The maximum atomic E-state index is 10.8. The Labute approximate surface area is 93.9 Å². The molecule has 0 fully saturated rings. The largest absolute Gasteiger partial charge is 0.496 e. The Morgan fingerprint density at radius 3 is 2.75 bits per heavy atom. The molecule has 0 unspecified atom stereocenters. The Hall–Kier alpha value is -2.04. The van der Waals surface area contributed by atoms with Gasteiger partial charge in [0.15, 0.2) is 0 Å². The summed E-state index contributed by atoms with van der Waals surface area (Å²) < 4.78 is 5.10.